The van der Waals surface area contributed by atoms with Crippen LogP contribution in [0.4, 0.5) is 0 Å². The average molecular weight is 336 g/mol. The van der Waals surface area contributed by atoms with Crippen LogP contribution >= 0.6 is 0 Å². The fraction of sp³-hybridized carbons (Fsp3) is 0.312. The number of carbonyl (C=O) groups is 1. The maximum Gasteiger partial charge on any atom is 0.289 e. The van der Waals surface area contributed by atoms with Crippen molar-refractivity contribution in [2.75, 3.05) is 7.05 Å². The summed E-state index contributed by atoms with van der Waals surface area (Å²) in [4.78, 5) is 14.0. The Hall–Kier alpha value is -2.12. The van der Waals surface area contributed by atoms with Crippen molar-refractivity contribution in [2.45, 2.75) is 31.2 Å². The van der Waals surface area contributed by atoms with Crippen LogP contribution in [0.5, 0.6) is 0 Å². The fourth-order valence-corrected chi connectivity index (χ4v) is 2.71. The Morgan fingerprint density at radius 3 is 2.30 bits per heavy atom. The molecule has 124 valence electrons. The standard InChI is InChI=1S/C16H20N2O4S/c1-4-13-7-10-15(22-13)16(19)18(3)11(2)12-5-8-14(9-6-12)23(17,20)21/h5-11H,4H2,1-3H3,(H2,17,20,21). The summed E-state index contributed by atoms with van der Waals surface area (Å²) in [5.74, 6) is 0.817. The van der Waals surface area contributed by atoms with E-state index in [1.165, 1.54) is 12.1 Å². The molecule has 6 nitrogen and oxygen atoms in total. The van der Waals surface area contributed by atoms with Gasteiger partial charge in [-0.3, -0.25) is 4.79 Å². The van der Waals surface area contributed by atoms with Gasteiger partial charge in [-0.25, -0.2) is 13.6 Å². The Labute approximate surface area is 135 Å². The molecule has 23 heavy (non-hydrogen) atoms. The van der Waals surface area contributed by atoms with Gasteiger partial charge in [0.2, 0.25) is 10.0 Å². The normalized spacial score (nSPS) is 12.9. The third-order valence-electron chi connectivity index (χ3n) is 3.81. The third kappa shape index (κ3) is 3.80. The van der Waals surface area contributed by atoms with E-state index < -0.39 is 10.0 Å². The summed E-state index contributed by atoms with van der Waals surface area (Å²) >= 11 is 0. The summed E-state index contributed by atoms with van der Waals surface area (Å²) in [6, 6.07) is 9.36. The van der Waals surface area contributed by atoms with E-state index in [0.29, 0.717) is 0 Å². The van der Waals surface area contributed by atoms with Crippen LogP contribution in [-0.2, 0) is 16.4 Å². The third-order valence-corrected chi connectivity index (χ3v) is 4.74. The molecule has 1 aromatic heterocycles. The minimum Gasteiger partial charge on any atom is -0.456 e. The van der Waals surface area contributed by atoms with Gasteiger partial charge in [-0.1, -0.05) is 19.1 Å². The number of sulfonamides is 1. The lowest BCUT2D eigenvalue weighted by Gasteiger charge is -2.24. The van der Waals surface area contributed by atoms with Gasteiger partial charge in [0, 0.05) is 13.5 Å². The highest BCUT2D eigenvalue weighted by atomic mass is 32.2. The van der Waals surface area contributed by atoms with Gasteiger partial charge in [0.05, 0.1) is 10.9 Å². The number of nitrogens with zero attached hydrogens (tertiary/aromatic N) is 1. The fourth-order valence-electron chi connectivity index (χ4n) is 2.19. The summed E-state index contributed by atoms with van der Waals surface area (Å²) in [6.45, 7) is 3.81. The molecular weight excluding hydrogens is 316 g/mol. The van der Waals surface area contributed by atoms with Gasteiger partial charge in [-0.05, 0) is 36.8 Å². The number of nitrogens with two attached hydrogens (primary N) is 1. The van der Waals surface area contributed by atoms with Gasteiger partial charge in [0.25, 0.3) is 5.91 Å². The number of hydrogen-bond acceptors (Lipinski definition) is 4. The van der Waals surface area contributed by atoms with Crippen LogP contribution in [0, 0.1) is 0 Å². The largest absolute Gasteiger partial charge is 0.456 e. The van der Waals surface area contributed by atoms with Crippen LogP contribution in [0.1, 0.15) is 41.8 Å². The first-order chi connectivity index (χ1) is 10.7. The Bertz CT molecular complexity index is 794. The molecule has 1 amide bonds. The van der Waals surface area contributed by atoms with Crippen LogP contribution in [-0.4, -0.2) is 26.3 Å². The van der Waals surface area contributed by atoms with E-state index in [9.17, 15) is 13.2 Å². The van der Waals surface area contributed by atoms with Crippen LogP contribution in [0.15, 0.2) is 45.7 Å². The molecule has 0 aliphatic carbocycles. The Balaban J connectivity index is 2.18. The lowest BCUT2D eigenvalue weighted by atomic mass is 10.1. The zero-order valence-electron chi connectivity index (χ0n) is 13.3. The quantitative estimate of drug-likeness (QED) is 0.906. The van der Waals surface area contributed by atoms with Crippen LogP contribution < -0.4 is 5.14 Å². The first-order valence-electron chi connectivity index (χ1n) is 7.22. The maximum absolute atomic E-state index is 12.4. The number of amides is 1. The molecule has 0 bridgehead atoms. The maximum atomic E-state index is 12.4. The first kappa shape index (κ1) is 17.2. The molecule has 2 aromatic rings. The number of rotatable bonds is 5. The zero-order valence-corrected chi connectivity index (χ0v) is 14.1. The zero-order chi connectivity index (χ0) is 17.2. The molecule has 0 radical (unpaired) electrons. The molecule has 0 fully saturated rings. The predicted octanol–water partition coefficient (Wildman–Crippen LogP) is 2.32. The van der Waals surface area contributed by atoms with Crippen LogP contribution in [0.25, 0.3) is 0 Å². The van der Waals surface area contributed by atoms with Crippen molar-refractivity contribution in [3.05, 3.63) is 53.5 Å². The lowest BCUT2D eigenvalue weighted by Crippen LogP contribution is -2.29. The van der Waals surface area contributed by atoms with E-state index in [0.717, 1.165) is 17.7 Å². The Morgan fingerprint density at radius 1 is 1.22 bits per heavy atom. The predicted molar refractivity (Wildman–Crippen MR) is 86.4 cm³/mol. The molecule has 1 unspecified atom stereocenters. The van der Waals surface area contributed by atoms with Gasteiger partial charge in [-0.2, -0.15) is 0 Å². The first-order valence-corrected chi connectivity index (χ1v) is 8.77. The molecular formula is C16H20N2O4S. The Kier molecular flexibility index (Phi) is 4.91. The lowest BCUT2D eigenvalue weighted by molar-refractivity contribution is 0.0708. The second kappa shape index (κ2) is 6.55. The molecule has 0 aliphatic rings. The molecule has 0 saturated heterocycles. The molecule has 7 heteroatoms. The van der Waals surface area contributed by atoms with Gasteiger partial charge >= 0.3 is 0 Å². The molecule has 0 saturated carbocycles. The summed E-state index contributed by atoms with van der Waals surface area (Å²) in [6.07, 6.45) is 0.724. The molecule has 1 aromatic carbocycles. The second-order valence-electron chi connectivity index (χ2n) is 5.33. The van der Waals surface area contributed by atoms with Gasteiger partial charge in [-0.15, -0.1) is 0 Å². The molecule has 1 atom stereocenters. The van der Waals surface area contributed by atoms with E-state index in [2.05, 4.69) is 0 Å². The van der Waals surface area contributed by atoms with E-state index in [1.54, 1.807) is 36.2 Å². The minimum absolute atomic E-state index is 0.0426. The number of primary sulfonamides is 1. The average Bonchev–Trinajstić information content (AvgIpc) is 3.01. The number of hydrogen-bond donors (Lipinski definition) is 1. The highest BCUT2D eigenvalue weighted by Crippen LogP contribution is 2.22. The monoisotopic (exact) mass is 336 g/mol. The SMILES string of the molecule is CCc1ccc(C(=O)N(C)C(C)c2ccc(S(N)(=O)=O)cc2)o1. The molecule has 0 spiro atoms. The van der Waals surface area contributed by atoms with Crippen molar-refractivity contribution < 1.29 is 17.6 Å². The van der Waals surface area contributed by atoms with E-state index in [1.807, 2.05) is 13.8 Å². The highest BCUT2D eigenvalue weighted by Gasteiger charge is 2.22. The van der Waals surface area contributed by atoms with Crippen molar-refractivity contribution in [3.8, 4) is 0 Å². The van der Waals surface area contributed by atoms with E-state index in [-0.39, 0.29) is 22.6 Å². The van der Waals surface area contributed by atoms with Crippen molar-refractivity contribution in [1.82, 2.24) is 4.90 Å². The van der Waals surface area contributed by atoms with Gasteiger partial charge in [0.1, 0.15) is 5.76 Å². The smallest absolute Gasteiger partial charge is 0.289 e. The van der Waals surface area contributed by atoms with Crippen LogP contribution in [0.2, 0.25) is 0 Å². The number of aryl methyl sites for hydroxylation is 1. The summed E-state index contributed by atoms with van der Waals surface area (Å²) < 4.78 is 28.0. The minimum atomic E-state index is -3.72. The number of carbonyl (C=O) groups excluding carboxylic acids is 1. The van der Waals surface area contributed by atoms with Gasteiger partial charge < -0.3 is 9.32 Å². The van der Waals surface area contributed by atoms with Crippen molar-refractivity contribution in [2.24, 2.45) is 5.14 Å². The molecule has 2 N–H and O–H groups in total. The van der Waals surface area contributed by atoms with E-state index >= 15 is 0 Å². The van der Waals surface area contributed by atoms with Crippen molar-refractivity contribution in [1.29, 1.82) is 0 Å². The van der Waals surface area contributed by atoms with Crippen LogP contribution in [0.3, 0.4) is 0 Å². The van der Waals surface area contributed by atoms with Gasteiger partial charge in [0.15, 0.2) is 5.76 Å². The Morgan fingerprint density at radius 2 is 1.83 bits per heavy atom. The van der Waals surface area contributed by atoms with Crippen molar-refractivity contribution >= 4 is 15.9 Å². The topological polar surface area (TPSA) is 93.6 Å². The summed E-state index contributed by atoms with van der Waals surface area (Å²) in [5.41, 5.74) is 0.801. The molecule has 0 aliphatic heterocycles. The number of benzene rings is 1. The second-order valence-corrected chi connectivity index (χ2v) is 6.89. The van der Waals surface area contributed by atoms with E-state index in [4.69, 9.17) is 9.56 Å². The summed E-state index contributed by atoms with van der Waals surface area (Å²) in [5, 5.41) is 5.08. The summed E-state index contributed by atoms with van der Waals surface area (Å²) in [7, 11) is -2.05. The number of furan rings is 1. The molecule has 1 heterocycles. The molecule has 2 rings (SSSR count). The highest BCUT2D eigenvalue weighted by molar-refractivity contribution is 7.89. The van der Waals surface area contributed by atoms with Crippen molar-refractivity contribution in [3.63, 3.8) is 0 Å².